The van der Waals surface area contributed by atoms with Gasteiger partial charge in [0.05, 0.1) is 5.69 Å². The van der Waals surface area contributed by atoms with E-state index in [4.69, 9.17) is 9.84 Å². The number of aromatic nitrogens is 1. The van der Waals surface area contributed by atoms with E-state index in [-0.39, 0.29) is 5.82 Å². The van der Waals surface area contributed by atoms with Crippen molar-refractivity contribution in [2.24, 2.45) is 0 Å². The number of aryl methyl sites for hydroxylation is 1. The van der Waals surface area contributed by atoms with Gasteiger partial charge in [0.15, 0.2) is 0 Å². The van der Waals surface area contributed by atoms with Crippen molar-refractivity contribution in [3.8, 4) is 0 Å². The Morgan fingerprint density at radius 2 is 2.00 bits per heavy atom. The third-order valence-electron chi connectivity index (χ3n) is 2.19. The molecule has 7 heteroatoms. The normalized spacial score (nSPS) is 11.1. The first-order chi connectivity index (χ1) is 9.10. The van der Waals surface area contributed by atoms with Gasteiger partial charge < -0.3 is 9.84 Å². The van der Waals surface area contributed by atoms with Gasteiger partial charge in [0.1, 0.15) is 18.0 Å². The average Bonchev–Trinajstić information content (AvgIpc) is 2.27. The lowest BCUT2D eigenvalue weighted by atomic mass is 10.2. The first kappa shape index (κ1) is 16.4. The smallest absolute Gasteiger partial charge is 0.416 e. The van der Waals surface area contributed by atoms with Crippen LogP contribution in [-0.4, -0.2) is 34.3 Å². The van der Waals surface area contributed by atoms with Crippen molar-refractivity contribution >= 4 is 33.8 Å². The number of carbonyl (C=O) groups is 2. The first-order valence-corrected chi connectivity index (χ1v) is 6.75. The molecule has 0 saturated heterocycles. The molecule has 0 aromatic carbocycles. The van der Waals surface area contributed by atoms with Gasteiger partial charge in [-0.05, 0) is 55.8 Å². The average molecular weight is 345 g/mol. The van der Waals surface area contributed by atoms with E-state index in [1.807, 2.05) is 0 Å². The lowest BCUT2D eigenvalue weighted by Crippen LogP contribution is -2.40. The van der Waals surface area contributed by atoms with Crippen LogP contribution in [0.3, 0.4) is 0 Å². The van der Waals surface area contributed by atoms with Crippen molar-refractivity contribution in [2.75, 3.05) is 11.4 Å². The minimum atomic E-state index is -1.14. The Hall–Kier alpha value is -1.63. The summed E-state index contributed by atoms with van der Waals surface area (Å²) in [6.45, 7) is 6.38. The number of anilines is 1. The number of hydrogen-bond donors (Lipinski definition) is 1. The van der Waals surface area contributed by atoms with Gasteiger partial charge in [0.25, 0.3) is 0 Å². The minimum absolute atomic E-state index is 0.238. The number of rotatable bonds is 3. The van der Waals surface area contributed by atoms with E-state index >= 15 is 0 Å². The number of halogens is 1. The second-order valence-corrected chi connectivity index (χ2v) is 6.05. The number of hydrogen-bond acceptors (Lipinski definition) is 4. The fourth-order valence-electron chi connectivity index (χ4n) is 1.37. The number of pyridine rings is 1. The summed E-state index contributed by atoms with van der Waals surface area (Å²) in [4.78, 5) is 28.2. The lowest BCUT2D eigenvalue weighted by molar-refractivity contribution is -0.135. The van der Waals surface area contributed by atoms with E-state index in [1.165, 1.54) is 0 Å². The third-order valence-corrected chi connectivity index (χ3v) is 3.03. The number of nitrogens with zero attached hydrogens (tertiary/aromatic N) is 2. The van der Waals surface area contributed by atoms with E-state index in [2.05, 4.69) is 20.9 Å². The zero-order chi connectivity index (χ0) is 15.5. The number of ether oxygens (including phenoxy) is 1. The highest BCUT2D eigenvalue weighted by atomic mass is 79.9. The van der Waals surface area contributed by atoms with Crippen LogP contribution < -0.4 is 4.90 Å². The molecule has 1 aromatic rings. The van der Waals surface area contributed by atoms with Crippen molar-refractivity contribution in [2.45, 2.75) is 33.3 Å². The molecule has 110 valence electrons. The highest BCUT2D eigenvalue weighted by Crippen LogP contribution is 2.21. The number of amides is 1. The molecule has 1 aromatic heterocycles. The first-order valence-electron chi connectivity index (χ1n) is 5.95. The summed E-state index contributed by atoms with van der Waals surface area (Å²) in [5.74, 6) is -0.902. The van der Waals surface area contributed by atoms with Crippen LogP contribution >= 0.6 is 15.9 Å². The maximum atomic E-state index is 12.1. The van der Waals surface area contributed by atoms with E-state index < -0.39 is 24.2 Å². The summed E-state index contributed by atoms with van der Waals surface area (Å²) < 4.78 is 5.98. The molecule has 0 unspecified atom stereocenters. The predicted octanol–water partition coefficient (Wildman–Crippen LogP) is 2.98. The molecule has 1 rings (SSSR count). The predicted molar refractivity (Wildman–Crippen MR) is 77.9 cm³/mol. The molecule has 0 aliphatic rings. The summed E-state index contributed by atoms with van der Waals surface area (Å²) >= 11 is 3.30. The van der Waals surface area contributed by atoms with Crippen LogP contribution in [0, 0.1) is 6.92 Å². The molecule has 0 atom stereocenters. The van der Waals surface area contributed by atoms with Crippen molar-refractivity contribution in [1.29, 1.82) is 0 Å². The van der Waals surface area contributed by atoms with Crippen LogP contribution in [0.5, 0.6) is 0 Å². The van der Waals surface area contributed by atoms with E-state index in [9.17, 15) is 9.59 Å². The standard InChI is InChI=1S/C13H17BrN2O4/c1-8-9(14)5-6-10(15-8)16(7-11(17)18)12(19)20-13(2,3)4/h5-6H,7H2,1-4H3,(H,17,18). The van der Waals surface area contributed by atoms with Gasteiger partial charge in [-0.2, -0.15) is 0 Å². The SMILES string of the molecule is Cc1nc(N(CC(=O)O)C(=O)OC(C)(C)C)ccc1Br. The number of aliphatic carboxylic acids is 1. The molecule has 1 amide bonds. The Morgan fingerprint density at radius 3 is 2.45 bits per heavy atom. The van der Waals surface area contributed by atoms with E-state index in [0.717, 1.165) is 9.37 Å². The lowest BCUT2D eigenvalue weighted by Gasteiger charge is -2.26. The Balaban J connectivity index is 3.08. The Kier molecular flexibility index (Phi) is 5.10. The summed E-state index contributed by atoms with van der Waals surface area (Å²) in [6, 6.07) is 3.26. The van der Waals surface area contributed by atoms with Crippen LogP contribution in [0.2, 0.25) is 0 Å². The Labute approximate surface area is 125 Å². The van der Waals surface area contributed by atoms with Gasteiger partial charge in [-0.15, -0.1) is 0 Å². The van der Waals surface area contributed by atoms with Gasteiger partial charge >= 0.3 is 12.1 Å². The van der Waals surface area contributed by atoms with Gasteiger partial charge in [-0.25, -0.2) is 9.78 Å². The highest BCUT2D eigenvalue weighted by Gasteiger charge is 2.26. The van der Waals surface area contributed by atoms with Crippen LogP contribution in [0.15, 0.2) is 16.6 Å². The summed E-state index contributed by atoms with van der Waals surface area (Å²) in [5.41, 5.74) is -0.0560. The summed E-state index contributed by atoms with van der Waals surface area (Å²) in [6.07, 6.45) is -0.742. The third kappa shape index (κ3) is 4.80. The summed E-state index contributed by atoms with van der Waals surface area (Å²) in [5, 5.41) is 8.93. The molecule has 0 aliphatic heterocycles. The number of carboxylic acids is 1. The van der Waals surface area contributed by atoms with Crippen molar-refractivity contribution in [3.05, 3.63) is 22.3 Å². The Bertz CT molecular complexity index is 526. The second kappa shape index (κ2) is 6.21. The Morgan fingerprint density at radius 1 is 1.40 bits per heavy atom. The fraction of sp³-hybridized carbons (Fsp3) is 0.462. The minimum Gasteiger partial charge on any atom is -0.480 e. The number of carboxylic acid groups (broad SMARTS) is 1. The van der Waals surface area contributed by atoms with Gasteiger partial charge in [0.2, 0.25) is 0 Å². The monoisotopic (exact) mass is 344 g/mol. The van der Waals surface area contributed by atoms with E-state index in [0.29, 0.717) is 5.69 Å². The van der Waals surface area contributed by atoms with Crippen molar-refractivity contribution in [3.63, 3.8) is 0 Å². The molecule has 0 fully saturated rings. The van der Waals surface area contributed by atoms with E-state index in [1.54, 1.807) is 39.8 Å². The molecule has 1 heterocycles. The molecule has 1 N–H and O–H groups in total. The van der Waals surface area contributed by atoms with Gasteiger partial charge in [-0.3, -0.25) is 9.69 Å². The quantitative estimate of drug-likeness (QED) is 0.911. The zero-order valence-electron chi connectivity index (χ0n) is 11.8. The molecule has 0 spiro atoms. The molecule has 0 bridgehead atoms. The van der Waals surface area contributed by atoms with Crippen LogP contribution in [0.25, 0.3) is 0 Å². The molecule has 0 aliphatic carbocycles. The summed E-state index contributed by atoms with van der Waals surface area (Å²) in [7, 11) is 0. The van der Waals surface area contributed by atoms with Crippen LogP contribution in [0.1, 0.15) is 26.5 Å². The maximum absolute atomic E-state index is 12.1. The highest BCUT2D eigenvalue weighted by molar-refractivity contribution is 9.10. The van der Waals surface area contributed by atoms with Gasteiger partial charge in [0, 0.05) is 4.47 Å². The van der Waals surface area contributed by atoms with Gasteiger partial charge in [-0.1, -0.05) is 0 Å². The molecule has 6 nitrogen and oxygen atoms in total. The van der Waals surface area contributed by atoms with Crippen molar-refractivity contribution in [1.82, 2.24) is 4.98 Å². The molecular formula is C13H17BrN2O4. The zero-order valence-corrected chi connectivity index (χ0v) is 13.4. The molecule has 0 radical (unpaired) electrons. The van der Waals surface area contributed by atoms with Crippen molar-refractivity contribution < 1.29 is 19.4 Å². The maximum Gasteiger partial charge on any atom is 0.416 e. The van der Waals surface area contributed by atoms with Crippen LogP contribution in [0.4, 0.5) is 10.6 Å². The second-order valence-electron chi connectivity index (χ2n) is 5.20. The largest absolute Gasteiger partial charge is 0.480 e. The van der Waals surface area contributed by atoms with Crippen LogP contribution in [-0.2, 0) is 9.53 Å². The molecular weight excluding hydrogens is 328 g/mol. The fourth-order valence-corrected chi connectivity index (χ4v) is 1.59. The topological polar surface area (TPSA) is 79.7 Å². The molecule has 20 heavy (non-hydrogen) atoms. The number of carbonyl (C=O) groups excluding carboxylic acids is 1. The molecule has 0 saturated carbocycles.